The number of terminal acetylenes is 1. The number of para-hydroxylation sites is 1. The van der Waals surface area contributed by atoms with Gasteiger partial charge in [0.05, 0.1) is 27.5 Å². The van der Waals surface area contributed by atoms with E-state index in [4.69, 9.17) is 12.2 Å². The second-order valence-electron chi connectivity index (χ2n) is 4.89. The molecule has 0 saturated heterocycles. The summed E-state index contributed by atoms with van der Waals surface area (Å²) in [7, 11) is -3.62. The van der Waals surface area contributed by atoms with E-state index in [-0.39, 0.29) is 16.3 Å². The first-order valence-corrected chi connectivity index (χ1v) is 8.15. The number of hydrogen-bond acceptors (Lipinski definition) is 3. The zero-order valence-corrected chi connectivity index (χ0v) is 12.5. The van der Waals surface area contributed by atoms with Gasteiger partial charge in [-0.15, -0.1) is 6.42 Å². The van der Waals surface area contributed by atoms with Crippen LogP contribution in [0.3, 0.4) is 0 Å². The molecule has 1 aromatic heterocycles. The minimum Gasteiger partial charge on any atom is -0.397 e. The Kier molecular flexibility index (Phi) is 3.39. The van der Waals surface area contributed by atoms with Crippen molar-refractivity contribution in [3.63, 3.8) is 0 Å². The lowest BCUT2D eigenvalue weighted by molar-refractivity contribution is 0.596. The van der Waals surface area contributed by atoms with Crippen LogP contribution in [0, 0.1) is 12.3 Å². The van der Waals surface area contributed by atoms with Crippen molar-refractivity contribution in [2.45, 2.75) is 16.3 Å². The smallest absolute Gasteiger partial charge is 0.208 e. The molecule has 22 heavy (non-hydrogen) atoms. The number of nitrogens with two attached hydrogens (primary N) is 1. The minimum atomic E-state index is -3.62. The highest BCUT2D eigenvalue weighted by Gasteiger charge is 2.23. The van der Waals surface area contributed by atoms with Gasteiger partial charge in [0.15, 0.2) is 0 Å². The second-order valence-corrected chi connectivity index (χ2v) is 6.80. The van der Waals surface area contributed by atoms with Gasteiger partial charge in [-0.1, -0.05) is 36.3 Å². The van der Waals surface area contributed by atoms with Crippen molar-refractivity contribution in [2.75, 3.05) is 5.73 Å². The Labute approximate surface area is 129 Å². The van der Waals surface area contributed by atoms with Gasteiger partial charge in [-0.2, -0.15) is 0 Å². The summed E-state index contributed by atoms with van der Waals surface area (Å²) >= 11 is 0. The maximum absolute atomic E-state index is 12.9. The second kappa shape index (κ2) is 5.24. The van der Waals surface area contributed by atoms with Gasteiger partial charge in [0.25, 0.3) is 0 Å². The molecule has 5 heteroatoms. The molecule has 2 aromatic carbocycles. The van der Waals surface area contributed by atoms with Gasteiger partial charge < -0.3 is 10.3 Å². The van der Waals surface area contributed by atoms with Crippen molar-refractivity contribution in [1.82, 2.24) is 4.57 Å². The van der Waals surface area contributed by atoms with Crippen LogP contribution in [0.5, 0.6) is 0 Å². The summed E-state index contributed by atoms with van der Waals surface area (Å²) < 4.78 is 27.4. The van der Waals surface area contributed by atoms with E-state index >= 15 is 0 Å². The third-order valence-corrected chi connectivity index (χ3v) is 5.29. The number of anilines is 1. The van der Waals surface area contributed by atoms with Gasteiger partial charge in [-0.3, -0.25) is 0 Å². The van der Waals surface area contributed by atoms with Crippen LogP contribution in [0.25, 0.3) is 10.9 Å². The fraction of sp³-hybridized carbons (Fsp3) is 0.0588. The predicted octanol–water partition coefficient (Wildman–Crippen LogP) is 2.69. The van der Waals surface area contributed by atoms with Gasteiger partial charge in [0.2, 0.25) is 9.84 Å². The maximum Gasteiger partial charge on any atom is 0.208 e. The largest absolute Gasteiger partial charge is 0.397 e. The van der Waals surface area contributed by atoms with Crippen LogP contribution in [0.4, 0.5) is 5.69 Å². The average molecular weight is 310 g/mol. The number of fused-ring (bicyclic) bond motifs is 1. The molecule has 0 fully saturated rings. The molecule has 0 aliphatic rings. The van der Waals surface area contributed by atoms with Gasteiger partial charge in [-0.25, -0.2) is 8.42 Å². The zero-order chi connectivity index (χ0) is 15.7. The molecule has 0 aliphatic heterocycles. The molecule has 0 unspecified atom stereocenters. The molecule has 0 aliphatic carbocycles. The predicted molar refractivity (Wildman–Crippen MR) is 87.1 cm³/mol. The first kappa shape index (κ1) is 14.2. The summed E-state index contributed by atoms with van der Waals surface area (Å²) in [5.41, 5.74) is 7.15. The van der Waals surface area contributed by atoms with Crippen LogP contribution in [-0.4, -0.2) is 13.0 Å². The average Bonchev–Trinajstić information content (AvgIpc) is 2.89. The molecule has 0 amide bonds. The van der Waals surface area contributed by atoms with E-state index in [9.17, 15) is 8.42 Å². The molecular formula is C17H14N2O2S. The Balaban J connectivity index is 2.33. The highest BCUT2D eigenvalue weighted by molar-refractivity contribution is 7.91. The molecule has 2 N–H and O–H groups in total. The van der Waals surface area contributed by atoms with E-state index in [1.807, 2.05) is 0 Å². The summed E-state index contributed by atoms with van der Waals surface area (Å²) in [6.45, 7) is 0.259. The van der Waals surface area contributed by atoms with Crippen molar-refractivity contribution >= 4 is 26.4 Å². The quantitative estimate of drug-likeness (QED) is 0.597. The van der Waals surface area contributed by atoms with E-state index in [0.29, 0.717) is 16.6 Å². The standard InChI is InChI=1S/C17H14N2O2S/c1-2-11-19-12-16(14-9-6-10-15(18)17(14)19)22(20,21)13-7-4-3-5-8-13/h1,3-10,12H,11,18H2. The van der Waals surface area contributed by atoms with Crippen molar-refractivity contribution in [2.24, 2.45) is 0 Å². The number of benzene rings is 2. The van der Waals surface area contributed by atoms with E-state index in [1.54, 1.807) is 59.3 Å². The molecule has 0 spiro atoms. The molecular weight excluding hydrogens is 296 g/mol. The zero-order valence-electron chi connectivity index (χ0n) is 11.7. The fourth-order valence-corrected chi connectivity index (χ4v) is 4.01. The Hall–Kier alpha value is -2.71. The monoisotopic (exact) mass is 310 g/mol. The topological polar surface area (TPSA) is 65.1 Å². The maximum atomic E-state index is 12.9. The highest BCUT2D eigenvalue weighted by atomic mass is 32.2. The van der Waals surface area contributed by atoms with Crippen molar-refractivity contribution in [3.8, 4) is 12.3 Å². The van der Waals surface area contributed by atoms with Crippen LogP contribution in [0.1, 0.15) is 0 Å². The lowest BCUT2D eigenvalue weighted by Gasteiger charge is -2.03. The van der Waals surface area contributed by atoms with Gasteiger partial charge >= 0.3 is 0 Å². The third-order valence-electron chi connectivity index (χ3n) is 3.50. The number of nitrogen functional groups attached to an aromatic ring is 1. The van der Waals surface area contributed by atoms with E-state index < -0.39 is 9.84 Å². The fourth-order valence-electron chi connectivity index (χ4n) is 2.52. The van der Waals surface area contributed by atoms with Crippen molar-refractivity contribution in [3.05, 3.63) is 54.7 Å². The lowest BCUT2D eigenvalue weighted by atomic mass is 10.2. The Morgan fingerprint density at radius 1 is 1.09 bits per heavy atom. The van der Waals surface area contributed by atoms with Gasteiger partial charge in [0, 0.05) is 11.6 Å². The first-order valence-electron chi connectivity index (χ1n) is 6.66. The third kappa shape index (κ3) is 2.14. The molecule has 110 valence electrons. The number of nitrogens with zero attached hydrogens (tertiary/aromatic N) is 1. The normalized spacial score (nSPS) is 11.4. The van der Waals surface area contributed by atoms with Crippen molar-refractivity contribution < 1.29 is 8.42 Å². The van der Waals surface area contributed by atoms with E-state index in [2.05, 4.69) is 5.92 Å². The summed E-state index contributed by atoms with van der Waals surface area (Å²) in [6, 6.07) is 13.5. The summed E-state index contributed by atoms with van der Waals surface area (Å²) in [5, 5.41) is 0.583. The van der Waals surface area contributed by atoms with Gasteiger partial charge in [0.1, 0.15) is 0 Å². The van der Waals surface area contributed by atoms with Crippen LogP contribution >= 0.6 is 0 Å². The SMILES string of the molecule is C#CCn1cc(S(=O)(=O)c2ccccc2)c2cccc(N)c21. The summed E-state index contributed by atoms with van der Waals surface area (Å²) in [6.07, 6.45) is 6.93. The van der Waals surface area contributed by atoms with Crippen LogP contribution < -0.4 is 5.73 Å². The van der Waals surface area contributed by atoms with E-state index in [0.717, 1.165) is 0 Å². The Bertz CT molecular complexity index is 981. The molecule has 3 rings (SSSR count). The molecule has 0 radical (unpaired) electrons. The van der Waals surface area contributed by atoms with Gasteiger partial charge in [-0.05, 0) is 18.2 Å². The van der Waals surface area contributed by atoms with Crippen molar-refractivity contribution in [1.29, 1.82) is 0 Å². The first-order chi connectivity index (χ1) is 10.6. The van der Waals surface area contributed by atoms with Crippen LogP contribution in [0.2, 0.25) is 0 Å². The van der Waals surface area contributed by atoms with Crippen LogP contribution in [-0.2, 0) is 16.4 Å². The lowest BCUT2D eigenvalue weighted by Crippen LogP contribution is -2.01. The Morgan fingerprint density at radius 3 is 2.50 bits per heavy atom. The minimum absolute atomic E-state index is 0.219. The molecule has 1 heterocycles. The number of hydrogen-bond donors (Lipinski definition) is 1. The number of sulfone groups is 1. The summed E-state index contributed by atoms with van der Waals surface area (Å²) in [5.74, 6) is 2.52. The molecule has 0 saturated carbocycles. The Morgan fingerprint density at radius 2 is 1.82 bits per heavy atom. The number of aromatic nitrogens is 1. The molecule has 0 atom stereocenters. The number of rotatable bonds is 3. The highest BCUT2D eigenvalue weighted by Crippen LogP contribution is 2.32. The van der Waals surface area contributed by atoms with Crippen LogP contribution in [0.15, 0.2) is 64.5 Å². The molecule has 3 aromatic rings. The molecule has 4 nitrogen and oxygen atoms in total. The summed E-state index contributed by atoms with van der Waals surface area (Å²) in [4.78, 5) is 0.466. The molecule has 0 bridgehead atoms. The van der Waals surface area contributed by atoms with E-state index in [1.165, 1.54) is 0 Å².